The number of piperidine rings is 1. The highest BCUT2D eigenvalue weighted by molar-refractivity contribution is 6.04. The van der Waals surface area contributed by atoms with Crippen molar-refractivity contribution in [2.24, 2.45) is 5.92 Å². The van der Waals surface area contributed by atoms with Gasteiger partial charge in [-0.3, -0.25) is 24.2 Å². The van der Waals surface area contributed by atoms with Gasteiger partial charge in [-0.25, -0.2) is 0 Å². The number of hydrogen-bond acceptors (Lipinski definition) is 7. The van der Waals surface area contributed by atoms with Crippen LogP contribution in [0.25, 0.3) is 0 Å². The number of fused-ring (bicyclic) bond motifs is 1. The van der Waals surface area contributed by atoms with Crippen LogP contribution < -0.4 is 21.1 Å². The number of hydrogen-bond donors (Lipinski definition) is 3. The lowest BCUT2D eigenvalue weighted by Crippen LogP contribution is -2.41. The van der Waals surface area contributed by atoms with Crippen molar-refractivity contribution in [2.75, 3.05) is 35.2 Å². The van der Waals surface area contributed by atoms with Gasteiger partial charge in [-0.15, -0.1) is 0 Å². The number of aromatic amines is 1. The number of nitrogens with zero attached hydrogens (tertiary/aromatic N) is 2. The Labute approximate surface area is 197 Å². The lowest BCUT2D eigenvalue weighted by Gasteiger charge is -2.32. The van der Waals surface area contributed by atoms with E-state index in [2.05, 4.69) is 20.6 Å². The van der Waals surface area contributed by atoms with Crippen LogP contribution in [0, 0.1) is 5.92 Å². The number of esters is 1. The molecule has 0 unspecified atom stereocenters. The minimum atomic E-state index is -0.950. The second-order valence-electron chi connectivity index (χ2n) is 8.47. The van der Waals surface area contributed by atoms with Crippen LogP contribution in [-0.2, 0) is 25.5 Å². The summed E-state index contributed by atoms with van der Waals surface area (Å²) in [5.41, 5.74) is 1.31. The van der Waals surface area contributed by atoms with Crippen LogP contribution in [0.15, 0.2) is 29.1 Å². The molecule has 10 heteroatoms. The number of amides is 2. The number of para-hydroxylation sites is 1. The van der Waals surface area contributed by atoms with Crippen LogP contribution in [0.4, 0.5) is 17.5 Å². The molecule has 2 aromatic rings. The third-order valence-corrected chi connectivity index (χ3v) is 6.33. The molecule has 3 N–H and O–H groups in total. The zero-order chi connectivity index (χ0) is 24.2. The summed E-state index contributed by atoms with van der Waals surface area (Å²) in [6.45, 7) is 5.13. The summed E-state index contributed by atoms with van der Waals surface area (Å²) >= 11 is 0. The molecule has 2 amide bonds. The maximum Gasteiger partial charge on any atom is 0.309 e. The van der Waals surface area contributed by atoms with E-state index in [4.69, 9.17) is 4.74 Å². The highest BCUT2D eigenvalue weighted by atomic mass is 16.5. The van der Waals surface area contributed by atoms with Crippen LogP contribution in [0.3, 0.4) is 0 Å². The first-order chi connectivity index (χ1) is 16.4. The molecule has 1 atom stereocenters. The molecule has 1 fully saturated rings. The Morgan fingerprint density at radius 2 is 1.91 bits per heavy atom. The quantitative estimate of drug-likeness (QED) is 0.555. The molecule has 10 nitrogen and oxygen atoms in total. The van der Waals surface area contributed by atoms with Gasteiger partial charge in [0.15, 0.2) is 0 Å². The van der Waals surface area contributed by atoms with Crippen molar-refractivity contribution in [2.45, 2.75) is 45.4 Å². The minimum Gasteiger partial charge on any atom is -0.466 e. The van der Waals surface area contributed by atoms with E-state index in [-0.39, 0.29) is 35.6 Å². The second kappa shape index (κ2) is 10.1. The SMILES string of the molecule is CCOC(=O)C1CCN(c2nc3c(c(=O)[nH]2)[C@H](C(=O)Nc2ccccc2CC)CC(=O)N3)CC1. The maximum absolute atomic E-state index is 13.1. The molecule has 1 aromatic carbocycles. The van der Waals surface area contributed by atoms with Crippen LogP contribution in [0.2, 0.25) is 0 Å². The zero-order valence-electron chi connectivity index (χ0n) is 19.3. The molecule has 1 aromatic heterocycles. The lowest BCUT2D eigenvalue weighted by molar-refractivity contribution is -0.148. The van der Waals surface area contributed by atoms with Gasteiger partial charge in [0.2, 0.25) is 17.8 Å². The summed E-state index contributed by atoms with van der Waals surface area (Å²) < 4.78 is 5.10. The fourth-order valence-corrected chi connectivity index (χ4v) is 4.49. The van der Waals surface area contributed by atoms with Gasteiger partial charge in [-0.2, -0.15) is 4.98 Å². The molecule has 3 heterocycles. The topological polar surface area (TPSA) is 133 Å². The molecule has 34 heavy (non-hydrogen) atoms. The number of aryl methyl sites for hydroxylation is 1. The molecule has 0 spiro atoms. The molecule has 180 valence electrons. The third kappa shape index (κ3) is 4.80. The highest BCUT2D eigenvalue weighted by Gasteiger charge is 2.36. The van der Waals surface area contributed by atoms with Crippen LogP contribution >= 0.6 is 0 Å². The van der Waals surface area contributed by atoms with Crippen LogP contribution in [-0.4, -0.2) is 47.4 Å². The number of anilines is 3. The summed E-state index contributed by atoms with van der Waals surface area (Å²) in [7, 11) is 0. The van der Waals surface area contributed by atoms with E-state index in [9.17, 15) is 19.2 Å². The Balaban J connectivity index is 1.55. The van der Waals surface area contributed by atoms with Gasteiger partial charge >= 0.3 is 5.97 Å². The van der Waals surface area contributed by atoms with E-state index >= 15 is 0 Å². The van der Waals surface area contributed by atoms with Crippen molar-refractivity contribution in [3.8, 4) is 0 Å². The Morgan fingerprint density at radius 1 is 1.18 bits per heavy atom. The molecule has 4 rings (SSSR count). The standard InChI is InChI=1S/C24H29N5O5/c1-3-14-7-5-6-8-17(14)25-21(31)16-13-18(30)26-20-19(16)22(32)28-24(27-20)29-11-9-15(10-12-29)23(33)34-4-2/h5-8,15-16H,3-4,9-13H2,1-2H3,(H,25,31)(H2,26,27,28,30,32)/t16-/m1/s1. The summed E-state index contributed by atoms with van der Waals surface area (Å²) in [5.74, 6) is -1.73. The number of H-pyrrole nitrogens is 1. The van der Waals surface area contributed by atoms with Gasteiger partial charge in [0.05, 0.1) is 24.0 Å². The van der Waals surface area contributed by atoms with Crippen molar-refractivity contribution in [3.05, 3.63) is 45.7 Å². The van der Waals surface area contributed by atoms with E-state index in [0.29, 0.717) is 44.2 Å². The highest BCUT2D eigenvalue weighted by Crippen LogP contribution is 2.31. The number of rotatable bonds is 6. The van der Waals surface area contributed by atoms with Crippen LogP contribution in [0.5, 0.6) is 0 Å². The molecule has 0 saturated carbocycles. The Morgan fingerprint density at radius 3 is 2.62 bits per heavy atom. The van der Waals surface area contributed by atoms with E-state index in [0.717, 1.165) is 12.0 Å². The average molecular weight is 468 g/mol. The van der Waals surface area contributed by atoms with E-state index in [1.807, 2.05) is 30.0 Å². The molecule has 0 aliphatic carbocycles. The molecule has 1 saturated heterocycles. The van der Waals surface area contributed by atoms with E-state index in [1.165, 1.54) is 0 Å². The number of nitrogens with one attached hydrogen (secondary N) is 3. The lowest BCUT2D eigenvalue weighted by atomic mass is 9.92. The van der Waals surface area contributed by atoms with Crippen molar-refractivity contribution in [1.29, 1.82) is 0 Å². The van der Waals surface area contributed by atoms with E-state index in [1.54, 1.807) is 13.0 Å². The fraction of sp³-hybridized carbons (Fsp3) is 0.458. The van der Waals surface area contributed by atoms with Gasteiger partial charge in [0.25, 0.3) is 5.56 Å². The molecule has 0 bridgehead atoms. The zero-order valence-corrected chi connectivity index (χ0v) is 19.3. The van der Waals surface area contributed by atoms with Crippen molar-refractivity contribution >= 4 is 35.2 Å². The Hall–Kier alpha value is -3.69. The molecule has 2 aliphatic rings. The predicted octanol–water partition coefficient (Wildman–Crippen LogP) is 2.18. The van der Waals surface area contributed by atoms with Crippen molar-refractivity contribution in [3.63, 3.8) is 0 Å². The van der Waals surface area contributed by atoms with Crippen molar-refractivity contribution in [1.82, 2.24) is 9.97 Å². The number of aromatic nitrogens is 2. The summed E-state index contributed by atoms with van der Waals surface area (Å²) in [4.78, 5) is 59.7. The monoisotopic (exact) mass is 467 g/mol. The van der Waals surface area contributed by atoms with Gasteiger partial charge in [-0.1, -0.05) is 25.1 Å². The Bertz CT molecular complexity index is 1150. The van der Waals surface area contributed by atoms with Gasteiger partial charge < -0.3 is 20.3 Å². The van der Waals surface area contributed by atoms with Gasteiger partial charge in [0, 0.05) is 25.2 Å². The van der Waals surface area contributed by atoms with Gasteiger partial charge in [-0.05, 0) is 37.8 Å². The first kappa shape index (κ1) is 23.5. The molecule has 0 radical (unpaired) electrons. The second-order valence-corrected chi connectivity index (χ2v) is 8.47. The summed E-state index contributed by atoms with van der Waals surface area (Å²) in [6, 6.07) is 7.43. The molecular formula is C24H29N5O5. The number of carbonyl (C=O) groups is 3. The number of benzene rings is 1. The van der Waals surface area contributed by atoms with Crippen LogP contribution in [0.1, 0.15) is 50.2 Å². The fourth-order valence-electron chi connectivity index (χ4n) is 4.49. The van der Waals surface area contributed by atoms with Gasteiger partial charge in [0.1, 0.15) is 5.82 Å². The van der Waals surface area contributed by atoms with E-state index < -0.39 is 17.4 Å². The molecule has 2 aliphatic heterocycles. The van der Waals surface area contributed by atoms with Crippen molar-refractivity contribution < 1.29 is 19.1 Å². The third-order valence-electron chi connectivity index (χ3n) is 6.33. The summed E-state index contributed by atoms with van der Waals surface area (Å²) in [5, 5.41) is 5.51. The Kier molecular flexibility index (Phi) is 6.95. The normalized spacial score (nSPS) is 18.1. The maximum atomic E-state index is 13.1. The number of ether oxygens (including phenoxy) is 1. The molecular weight excluding hydrogens is 438 g/mol. The largest absolute Gasteiger partial charge is 0.466 e. The first-order valence-electron chi connectivity index (χ1n) is 11.7. The predicted molar refractivity (Wildman–Crippen MR) is 127 cm³/mol. The smallest absolute Gasteiger partial charge is 0.309 e. The number of carbonyl (C=O) groups excluding carboxylic acids is 3. The summed E-state index contributed by atoms with van der Waals surface area (Å²) in [6.07, 6.45) is 1.75. The first-order valence-corrected chi connectivity index (χ1v) is 11.7. The minimum absolute atomic E-state index is 0.103. The average Bonchev–Trinajstić information content (AvgIpc) is 2.83.